The lowest BCUT2D eigenvalue weighted by Gasteiger charge is -2.20. The van der Waals surface area contributed by atoms with E-state index in [0.717, 1.165) is 24.4 Å². The summed E-state index contributed by atoms with van der Waals surface area (Å²) < 4.78 is 31.7. The number of rotatable bonds is 3. The number of hydrogen-bond acceptors (Lipinski definition) is 3. The topological polar surface area (TPSA) is 53.4 Å². The van der Waals surface area contributed by atoms with Crippen LogP contribution in [0.25, 0.3) is 10.9 Å². The maximum absolute atomic E-state index is 10.6. The number of aryl methyl sites for hydroxylation is 1. The predicted molar refractivity (Wildman–Crippen MR) is 83.7 cm³/mol. The molecular weight excluding hydrogens is 309 g/mol. The van der Waals surface area contributed by atoms with Gasteiger partial charge < -0.3 is 10.0 Å². The van der Waals surface area contributed by atoms with E-state index in [9.17, 15) is 13.2 Å². The van der Waals surface area contributed by atoms with Crippen molar-refractivity contribution in [2.45, 2.75) is 26.9 Å². The Hall–Kier alpha value is -2.31. The number of hydrogen-bond donors (Lipinski definition) is 1. The summed E-state index contributed by atoms with van der Waals surface area (Å²) in [5.41, 5.74) is 2.39. The van der Waals surface area contributed by atoms with Gasteiger partial charge in [0.25, 0.3) is 0 Å². The zero-order chi connectivity index (χ0) is 17.6. The number of para-hydroxylation sites is 1. The molecule has 0 saturated heterocycles. The first-order valence-electron chi connectivity index (χ1n) is 7.12. The van der Waals surface area contributed by atoms with Crippen LogP contribution in [-0.4, -0.2) is 35.3 Å². The van der Waals surface area contributed by atoms with Gasteiger partial charge in [-0.05, 0) is 38.5 Å². The van der Waals surface area contributed by atoms with E-state index in [0.29, 0.717) is 0 Å². The number of nitrogens with zero attached hydrogens (tertiary/aromatic N) is 2. The van der Waals surface area contributed by atoms with Gasteiger partial charge in [-0.15, -0.1) is 0 Å². The van der Waals surface area contributed by atoms with E-state index in [4.69, 9.17) is 14.9 Å². The smallest absolute Gasteiger partial charge is 0.475 e. The number of carboxylic acid groups (broad SMARTS) is 1. The van der Waals surface area contributed by atoms with Crippen LogP contribution in [0, 0.1) is 6.92 Å². The van der Waals surface area contributed by atoms with Crippen LogP contribution in [0.2, 0.25) is 0 Å². The Balaban J connectivity index is 0.000000322. The number of aromatic nitrogens is 1. The second-order valence-corrected chi connectivity index (χ2v) is 4.79. The van der Waals surface area contributed by atoms with Crippen LogP contribution in [0.3, 0.4) is 0 Å². The third kappa shape index (κ3) is 5.12. The quantitative estimate of drug-likeness (QED) is 0.924. The van der Waals surface area contributed by atoms with Crippen LogP contribution in [0.5, 0.6) is 0 Å². The number of fused-ring (bicyclic) bond motifs is 1. The molecule has 0 bridgehead atoms. The minimum Gasteiger partial charge on any atom is -0.475 e. The highest BCUT2D eigenvalue weighted by molar-refractivity contribution is 5.83. The van der Waals surface area contributed by atoms with Crippen molar-refractivity contribution in [1.82, 2.24) is 4.98 Å². The van der Waals surface area contributed by atoms with Crippen molar-refractivity contribution in [3.63, 3.8) is 0 Å². The molecule has 0 spiro atoms. The van der Waals surface area contributed by atoms with E-state index in [1.54, 1.807) is 0 Å². The summed E-state index contributed by atoms with van der Waals surface area (Å²) in [6.07, 6.45) is -5.08. The molecule has 4 nitrogen and oxygen atoms in total. The maximum Gasteiger partial charge on any atom is 0.490 e. The second-order valence-electron chi connectivity index (χ2n) is 4.79. The van der Waals surface area contributed by atoms with E-state index < -0.39 is 12.1 Å². The number of carbonyl (C=O) groups is 1. The fourth-order valence-electron chi connectivity index (χ4n) is 2.04. The maximum atomic E-state index is 10.6. The molecule has 0 aliphatic carbocycles. The molecule has 2 aromatic rings. The summed E-state index contributed by atoms with van der Waals surface area (Å²) in [5.74, 6) is -1.67. The van der Waals surface area contributed by atoms with E-state index in [1.807, 2.05) is 6.07 Å². The molecule has 1 aromatic heterocycles. The van der Waals surface area contributed by atoms with E-state index in [1.165, 1.54) is 10.9 Å². The number of halogens is 3. The minimum absolute atomic E-state index is 1.00. The Bertz CT molecular complexity index is 668. The lowest BCUT2D eigenvalue weighted by molar-refractivity contribution is -0.192. The van der Waals surface area contributed by atoms with Crippen LogP contribution < -0.4 is 4.90 Å². The van der Waals surface area contributed by atoms with Crippen molar-refractivity contribution in [2.75, 3.05) is 18.0 Å². The number of aliphatic carboxylic acids is 1. The third-order valence-corrected chi connectivity index (χ3v) is 3.24. The van der Waals surface area contributed by atoms with Gasteiger partial charge in [0.2, 0.25) is 0 Å². The Labute approximate surface area is 132 Å². The molecule has 2 rings (SSSR count). The molecule has 1 N–H and O–H groups in total. The standard InChI is InChI=1S/C14H18N2.C2HF3O2/c1-4-16(5-2)14-10-11(3)12-8-6-7-9-13(12)15-14;3-2(4,5)1(6)7/h6-10H,4-5H2,1-3H3;(H,6,7). The van der Waals surface area contributed by atoms with E-state index >= 15 is 0 Å². The van der Waals surface area contributed by atoms with E-state index in [-0.39, 0.29) is 0 Å². The molecule has 0 aliphatic heterocycles. The van der Waals surface area contributed by atoms with Gasteiger partial charge in [-0.25, -0.2) is 9.78 Å². The molecule has 0 atom stereocenters. The highest BCUT2D eigenvalue weighted by Gasteiger charge is 2.38. The van der Waals surface area contributed by atoms with Crippen molar-refractivity contribution in [3.8, 4) is 0 Å². The van der Waals surface area contributed by atoms with E-state index in [2.05, 4.69) is 49.9 Å². The van der Waals surface area contributed by atoms with Gasteiger partial charge in [-0.2, -0.15) is 13.2 Å². The van der Waals surface area contributed by atoms with Gasteiger partial charge in [-0.1, -0.05) is 18.2 Å². The molecule has 23 heavy (non-hydrogen) atoms. The molecule has 7 heteroatoms. The summed E-state index contributed by atoms with van der Waals surface area (Å²) in [6.45, 7) is 8.48. The Morgan fingerprint density at radius 3 is 2.22 bits per heavy atom. The summed E-state index contributed by atoms with van der Waals surface area (Å²) in [6, 6.07) is 10.5. The number of benzene rings is 1. The number of alkyl halides is 3. The first-order chi connectivity index (χ1) is 10.7. The average Bonchev–Trinajstić information content (AvgIpc) is 2.48. The molecule has 0 amide bonds. The monoisotopic (exact) mass is 328 g/mol. The van der Waals surface area contributed by atoms with Crippen molar-refractivity contribution >= 4 is 22.7 Å². The van der Waals surface area contributed by atoms with Crippen LogP contribution in [0.4, 0.5) is 19.0 Å². The third-order valence-electron chi connectivity index (χ3n) is 3.24. The van der Waals surface area contributed by atoms with Crippen LogP contribution in [0.15, 0.2) is 30.3 Å². The minimum atomic E-state index is -5.08. The Kier molecular flexibility index (Phi) is 6.36. The van der Waals surface area contributed by atoms with Gasteiger partial charge in [-0.3, -0.25) is 0 Å². The SMILES string of the molecule is CCN(CC)c1cc(C)c2ccccc2n1.O=C(O)C(F)(F)F. The molecule has 0 unspecified atom stereocenters. The lowest BCUT2D eigenvalue weighted by Crippen LogP contribution is -2.23. The zero-order valence-corrected chi connectivity index (χ0v) is 13.2. The molecule has 0 saturated carbocycles. The normalized spacial score (nSPS) is 10.9. The highest BCUT2D eigenvalue weighted by atomic mass is 19.4. The van der Waals surface area contributed by atoms with Gasteiger partial charge in [0.15, 0.2) is 0 Å². The van der Waals surface area contributed by atoms with Gasteiger partial charge >= 0.3 is 12.1 Å². The first kappa shape index (κ1) is 18.7. The number of pyridine rings is 1. The zero-order valence-electron chi connectivity index (χ0n) is 13.2. The summed E-state index contributed by atoms with van der Waals surface area (Å²) in [4.78, 5) is 15.9. The van der Waals surface area contributed by atoms with Gasteiger partial charge in [0.05, 0.1) is 5.52 Å². The predicted octanol–water partition coefficient (Wildman–Crippen LogP) is 4.02. The van der Waals surface area contributed by atoms with Gasteiger partial charge in [0.1, 0.15) is 5.82 Å². The van der Waals surface area contributed by atoms with Crippen LogP contribution in [0.1, 0.15) is 19.4 Å². The Morgan fingerprint density at radius 2 is 1.74 bits per heavy atom. The van der Waals surface area contributed by atoms with Crippen molar-refractivity contribution in [2.24, 2.45) is 0 Å². The molecule has 126 valence electrons. The fraction of sp³-hybridized carbons (Fsp3) is 0.375. The lowest BCUT2D eigenvalue weighted by atomic mass is 10.1. The highest BCUT2D eigenvalue weighted by Crippen LogP contribution is 2.21. The summed E-state index contributed by atoms with van der Waals surface area (Å²) >= 11 is 0. The molecule has 1 heterocycles. The summed E-state index contributed by atoms with van der Waals surface area (Å²) in [7, 11) is 0. The number of anilines is 1. The molecule has 0 radical (unpaired) electrons. The van der Waals surface area contributed by atoms with Crippen molar-refractivity contribution < 1.29 is 23.1 Å². The number of carboxylic acids is 1. The van der Waals surface area contributed by atoms with Crippen molar-refractivity contribution in [1.29, 1.82) is 0 Å². The first-order valence-corrected chi connectivity index (χ1v) is 7.12. The molecular formula is C16H19F3N2O2. The largest absolute Gasteiger partial charge is 0.490 e. The van der Waals surface area contributed by atoms with Crippen LogP contribution in [-0.2, 0) is 4.79 Å². The molecule has 0 fully saturated rings. The molecule has 1 aromatic carbocycles. The summed E-state index contributed by atoms with van der Waals surface area (Å²) in [5, 5.41) is 8.37. The van der Waals surface area contributed by atoms with Crippen molar-refractivity contribution in [3.05, 3.63) is 35.9 Å². The van der Waals surface area contributed by atoms with Gasteiger partial charge in [0, 0.05) is 18.5 Å². The molecule has 0 aliphatic rings. The average molecular weight is 328 g/mol. The van der Waals surface area contributed by atoms with Crippen LogP contribution >= 0.6 is 0 Å². The fourth-order valence-corrected chi connectivity index (χ4v) is 2.04. The second kappa shape index (κ2) is 7.80. The Morgan fingerprint density at radius 1 is 1.22 bits per heavy atom.